The highest BCUT2D eigenvalue weighted by molar-refractivity contribution is 6.39. The third-order valence-electron chi connectivity index (χ3n) is 5.52. The fourth-order valence-corrected chi connectivity index (χ4v) is 4.30. The highest BCUT2D eigenvalue weighted by Crippen LogP contribution is 2.27. The second kappa shape index (κ2) is 9.04. The SMILES string of the molecule is Cc1cc(C)cc(Cc2ccc(/C=C3\C(=O)NC(=O)N(c4ccccc4C)C3=O)cc2Cl)c1. The number of halogens is 1. The van der Waals surface area contributed by atoms with E-state index in [9.17, 15) is 14.4 Å². The quantitative estimate of drug-likeness (QED) is 0.413. The summed E-state index contributed by atoms with van der Waals surface area (Å²) in [4.78, 5) is 39.0. The molecule has 1 aliphatic rings. The molecule has 166 valence electrons. The van der Waals surface area contributed by atoms with Crippen molar-refractivity contribution in [1.29, 1.82) is 0 Å². The minimum atomic E-state index is -0.765. The summed E-state index contributed by atoms with van der Waals surface area (Å²) in [5, 5.41) is 2.79. The molecule has 4 rings (SSSR count). The van der Waals surface area contributed by atoms with Crippen LogP contribution >= 0.6 is 11.6 Å². The van der Waals surface area contributed by atoms with Gasteiger partial charge in [-0.2, -0.15) is 0 Å². The van der Waals surface area contributed by atoms with Crippen LogP contribution in [0.2, 0.25) is 5.02 Å². The third-order valence-corrected chi connectivity index (χ3v) is 5.87. The molecular weight excluding hydrogens is 436 g/mol. The molecule has 5 nitrogen and oxygen atoms in total. The number of anilines is 1. The number of barbiturate groups is 1. The normalized spacial score (nSPS) is 15.2. The second-order valence-corrected chi connectivity index (χ2v) is 8.68. The van der Waals surface area contributed by atoms with Crippen molar-refractivity contribution in [3.8, 4) is 0 Å². The molecule has 0 bridgehead atoms. The van der Waals surface area contributed by atoms with E-state index in [1.54, 1.807) is 31.2 Å². The summed E-state index contributed by atoms with van der Waals surface area (Å²) in [5.41, 5.74) is 6.13. The number of hydrogen-bond donors (Lipinski definition) is 1. The van der Waals surface area contributed by atoms with E-state index in [0.717, 1.165) is 21.6 Å². The van der Waals surface area contributed by atoms with Gasteiger partial charge >= 0.3 is 6.03 Å². The van der Waals surface area contributed by atoms with Gasteiger partial charge in [-0.3, -0.25) is 14.9 Å². The number of rotatable bonds is 4. The summed E-state index contributed by atoms with van der Waals surface area (Å²) in [6.07, 6.45) is 2.13. The van der Waals surface area contributed by atoms with Gasteiger partial charge in [0.25, 0.3) is 11.8 Å². The van der Waals surface area contributed by atoms with Crippen LogP contribution in [0.25, 0.3) is 6.08 Å². The summed E-state index contributed by atoms with van der Waals surface area (Å²) in [7, 11) is 0. The molecule has 0 spiro atoms. The number of nitrogens with one attached hydrogen (secondary N) is 1. The fraction of sp³-hybridized carbons (Fsp3) is 0.148. The lowest BCUT2D eigenvalue weighted by Crippen LogP contribution is -2.54. The van der Waals surface area contributed by atoms with E-state index in [1.165, 1.54) is 17.2 Å². The summed E-state index contributed by atoms with van der Waals surface area (Å²) in [6, 6.07) is 18.0. The van der Waals surface area contributed by atoms with Gasteiger partial charge in [0, 0.05) is 5.02 Å². The molecule has 33 heavy (non-hydrogen) atoms. The Balaban J connectivity index is 1.64. The minimum Gasteiger partial charge on any atom is -0.273 e. The Hall–Kier alpha value is -3.70. The van der Waals surface area contributed by atoms with E-state index in [2.05, 4.69) is 37.4 Å². The van der Waals surface area contributed by atoms with Crippen LogP contribution in [0.1, 0.15) is 33.4 Å². The van der Waals surface area contributed by atoms with Crippen LogP contribution in [-0.4, -0.2) is 17.8 Å². The zero-order valence-corrected chi connectivity index (χ0v) is 19.4. The van der Waals surface area contributed by atoms with Gasteiger partial charge in [0.05, 0.1) is 5.69 Å². The molecule has 1 N–H and O–H groups in total. The van der Waals surface area contributed by atoms with Gasteiger partial charge in [-0.05, 0) is 67.7 Å². The Bertz CT molecular complexity index is 1310. The lowest BCUT2D eigenvalue weighted by molar-refractivity contribution is -0.122. The number of imide groups is 2. The molecule has 1 aliphatic heterocycles. The van der Waals surface area contributed by atoms with Crippen LogP contribution in [0.5, 0.6) is 0 Å². The molecule has 6 heteroatoms. The largest absolute Gasteiger partial charge is 0.335 e. The molecule has 0 radical (unpaired) electrons. The van der Waals surface area contributed by atoms with Crippen LogP contribution in [0.15, 0.2) is 66.2 Å². The maximum Gasteiger partial charge on any atom is 0.335 e. The van der Waals surface area contributed by atoms with Crippen LogP contribution in [0.3, 0.4) is 0 Å². The summed E-state index contributed by atoms with van der Waals surface area (Å²) in [5.74, 6) is -1.40. The van der Waals surface area contributed by atoms with Gasteiger partial charge in [0.1, 0.15) is 5.57 Å². The van der Waals surface area contributed by atoms with Crippen molar-refractivity contribution in [3.05, 3.63) is 105 Å². The van der Waals surface area contributed by atoms with Crippen LogP contribution in [0.4, 0.5) is 10.5 Å². The molecule has 0 aliphatic carbocycles. The Morgan fingerprint density at radius 1 is 0.909 bits per heavy atom. The fourth-order valence-electron chi connectivity index (χ4n) is 4.04. The van der Waals surface area contributed by atoms with Gasteiger partial charge in [-0.15, -0.1) is 0 Å². The number of urea groups is 1. The van der Waals surface area contributed by atoms with E-state index < -0.39 is 17.8 Å². The van der Waals surface area contributed by atoms with Gasteiger partial charge in [-0.25, -0.2) is 9.69 Å². The molecule has 0 atom stereocenters. The van der Waals surface area contributed by atoms with E-state index >= 15 is 0 Å². The maximum absolute atomic E-state index is 13.1. The van der Waals surface area contributed by atoms with Crippen LogP contribution in [0, 0.1) is 20.8 Å². The molecule has 0 aromatic heterocycles. The molecule has 4 amide bonds. The average molecular weight is 459 g/mol. The highest BCUT2D eigenvalue weighted by atomic mass is 35.5. The molecule has 1 saturated heterocycles. The first-order valence-corrected chi connectivity index (χ1v) is 10.9. The predicted molar refractivity (Wildman–Crippen MR) is 130 cm³/mol. The predicted octanol–water partition coefficient (Wildman–Crippen LogP) is 5.52. The van der Waals surface area contributed by atoms with Gasteiger partial charge in [0.15, 0.2) is 0 Å². The Morgan fingerprint density at radius 3 is 2.27 bits per heavy atom. The standard InChI is InChI=1S/C27H23ClN2O3/c1-16-10-17(2)12-20(11-16)13-21-9-8-19(15-23(21)28)14-22-25(31)29-27(33)30(26(22)32)24-7-5-4-6-18(24)3/h4-12,14-15H,13H2,1-3H3,(H,29,31,33)/b22-14+. The van der Waals surface area contributed by atoms with Crippen molar-refractivity contribution in [2.75, 3.05) is 4.90 Å². The monoisotopic (exact) mass is 458 g/mol. The first kappa shape index (κ1) is 22.5. The third kappa shape index (κ3) is 4.73. The number of nitrogens with zero attached hydrogens (tertiary/aromatic N) is 1. The molecule has 0 unspecified atom stereocenters. The number of amides is 4. The summed E-state index contributed by atoms with van der Waals surface area (Å²) >= 11 is 6.54. The average Bonchev–Trinajstić information content (AvgIpc) is 2.73. The smallest absolute Gasteiger partial charge is 0.273 e. The number of carbonyl (C=O) groups excluding carboxylic acids is 3. The van der Waals surface area contributed by atoms with Crippen molar-refractivity contribution in [2.24, 2.45) is 0 Å². The topological polar surface area (TPSA) is 66.5 Å². The zero-order chi connectivity index (χ0) is 23.7. The molecule has 3 aromatic carbocycles. The first-order valence-electron chi connectivity index (χ1n) is 10.6. The first-order chi connectivity index (χ1) is 15.7. The van der Waals surface area contributed by atoms with E-state index in [4.69, 9.17) is 11.6 Å². The van der Waals surface area contributed by atoms with Crippen molar-refractivity contribution >= 4 is 41.2 Å². The summed E-state index contributed by atoms with van der Waals surface area (Å²) in [6.45, 7) is 5.92. The van der Waals surface area contributed by atoms with E-state index in [0.29, 0.717) is 22.7 Å². The Labute approximate surface area is 197 Å². The van der Waals surface area contributed by atoms with Crippen molar-refractivity contribution in [2.45, 2.75) is 27.2 Å². The second-order valence-electron chi connectivity index (χ2n) is 8.27. The number of benzene rings is 3. The van der Waals surface area contributed by atoms with E-state index in [-0.39, 0.29) is 5.57 Å². The van der Waals surface area contributed by atoms with Gasteiger partial charge in [0.2, 0.25) is 0 Å². The minimum absolute atomic E-state index is 0.129. The lowest BCUT2D eigenvalue weighted by atomic mass is 9.99. The van der Waals surface area contributed by atoms with Gasteiger partial charge < -0.3 is 0 Å². The number of carbonyl (C=O) groups is 3. The Kier molecular flexibility index (Phi) is 6.16. The maximum atomic E-state index is 13.1. The number of hydrogen-bond acceptors (Lipinski definition) is 3. The highest BCUT2D eigenvalue weighted by Gasteiger charge is 2.37. The van der Waals surface area contributed by atoms with Crippen molar-refractivity contribution < 1.29 is 14.4 Å². The molecule has 0 saturated carbocycles. The summed E-state index contributed by atoms with van der Waals surface area (Å²) < 4.78 is 0. The number of para-hydroxylation sites is 1. The Morgan fingerprint density at radius 2 is 1.61 bits per heavy atom. The molecular formula is C27H23ClN2O3. The van der Waals surface area contributed by atoms with E-state index in [1.807, 2.05) is 18.2 Å². The van der Waals surface area contributed by atoms with Crippen molar-refractivity contribution in [3.63, 3.8) is 0 Å². The molecule has 1 heterocycles. The van der Waals surface area contributed by atoms with Crippen molar-refractivity contribution in [1.82, 2.24) is 5.32 Å². The van der Waals surface area contributed by atoms with Crippen LogP contribution in [-0.2, 0) is 16.0 Å². The van der Waals surface area contributed by atoms with Crippen LogP contribution < -0.4 is 10.2 Å². The lowest BCUT2D eigenvalue weighted by Gasteiger charge is -2.27. The van der Waals surface area contributed by atoms with Gasteiger partial charge in [-0.1, -0.05) is 71.3 Å². The number of aryl methyl sites for hydroxylation is 3. The molecule has 3 aromatic rings. The molecule has 1 fully saturated rings. The zero-order valence-electron chi connectivity index (χ0n) is 18.6.